The molecule has 0 spiro atoms. The first kappa shape index (κ1) is 20.4. The Kier molecular flexibility index (Phi) is 6.70. The minimum Gasteiger partial charge on any atom is -0.492 e. The molecule has 2 aromatic rings. The zero-order valence-corrected chi connectivity index (χ0v) is 16.8. The van der Waals surface area contributed by atoms with Gasteiger partial charge in [0, 0.05) is 18.2 Å². The third-order valence-electron chi connectivity index (χ3n) is 4.86. The molecule has 0 unspecified atom stereocenters. The van der Waals surface area contributed by atoms with E-state index < -0.39 is 10.0 Å². The van der Waals surface area contributed by atoms with Gasteiger partial charge in [0.2, 0.25) is 10.0 Å². The lowest BCUT2D eigenvalue weighted by molar-refractivity contribution is 0.0947. The van der Waals surface area contributed by atoms with Gasteiger partial charge >= 0.3 is 0 Å². The van der Waals surface area contributed by atoms with Crippen molar-refractivity contribution in [1.29, 1.82) is 0 Å². The van der Waals surface area contributed by atoms with E-state index in [0.717, 1.165) is 25.0 Å². The van der Waals surface area contributed by atoms with Gasteiger partial charge in [0.25, 0.3) is 5.91 Å². The minimum atomic E-state index is -3.52. The van der Waals surface area contributed by atoms with Crippen LogP contribution in [0.2, 0.25) is 0 Å². The first-order chi connectivity index (χ1) is 13.5. The number of para-hydroxylation sites is 1. The number of nitrogens with one attached hydrogen (secondary N) is 1. The largest absolute Gasteiger partial charge is 0.492 e. The molecule has 0 radical (unpaired) electrons. The number of carbonyl (C=O) groups excluding carboxylic acids is 1. The van der Waals surface area contributed by atoms with Crippen molar-refractivity contribution in [3.8, 4) is 5.75 Å². The summed E-state index contributed by atoms with van der Waals surface area (Å²) < 4.78 is 32.8. The number of amides is 1. The van der Waals surface area contributed by atoms with E-state index in [2.05, 4.69) is 5.32 Å². The average Bonchev–Trinajstić information content (AvgIpc) is 2.72. The number of ether oxygens (including phenoxy) is 1. The second kappa shape index (κ2) is 9.21. The number of hydrogen-bond acceptors (Lipinski definition) is 4. The summed E-state index contributed by atoms with van der Waals surface area (Å²) in [5, 5.41) is 2.77. The topological polar surface area (TPSA) is 75.7 Å². The molecule has 0 aromatic heterocycles. The van der Waals surface area contributed by atoms with Crippen LogP contribution in [-0.2, 0) is 10.0 Å². The molecule has 1 saturated heterocycles. The van der Waals surface area contributed by atoms with Gasteiger partial charge in [0.05, 0.1) is 11.4 Å². The zero-order valence-electron chi connectivity index (χ0n) is 16.0. The molecule has 1 fully saturated rings. The van der Waals surface area contributed by atoms with Crippen molar-refractivity contribution in [2.45, 2.75) is 37.1 Å². The van der Waals surface area contributed by atoms with Crippen molar-refractivity contribution in [2.24, 2.45) is 0 Å². The highest BCUT2D eigenvalue weighted by Gasteiger charge is 2.30. The second-order valence-corrected chi connectivity index (χ2v) is 8.79. The maximum Gasteiger partial charge on any atom is 0.251 e. The number of sulfonamides is 1. The Balaban J connectivity index is 1.55. The zero-order chi connectivity index (χ0) is 20.0. The first-order valence-electron chi connectivity index (χ1n) is 9.56. The van der Waals surface area contributed by atoms with Crippen LogP contribution in [0.15, 0.2) is 59.5 Å². The van der Waals surface area contributed by atoms with E-state index in [-0.39, 0.29) is 16.8 Å². The molecule has 28 heavy (non-hydrogen) atoms. The molecular formula is C21H26N2O4S. The van der Waals surface area contributed by atoms with Gasteiger partial charge in [-0.2, -0.15) is 4.31 Å². The molecule has 7 heteroatoms. The lowest BCUT2D eigenvalue weighted by Gasteiger charge is -2.32. The van der Waals surface area contributed by atoms with Gasteiger partial charge in [-0.3, -0.25) is 4.79 Å². The van der Waals surface area contributed by atoms with Crippen molar-refractivity contribution in [3.05, 3.63) is 60.2 Å². The van der Waals surface area contributed by atoms with Crippen LogP contribution in [-0.4, -0.2) is 44.4 Å². The lowest BCUT2D eigenvalue weighted by Crippen LogP contribution is -2.41. The Morgan fingerprint density at radius 1 is 1.11 bits per heavy atom. The molecule has 1 amide bonds. The summed E-state index contributed by atoms with van der Waals surface area (Å²) >= 11 is 0. The maximum absolute atomic E-state index is 12.8. The fraction of sp³-hybridized carbons (Fsp3) is 0.381. The first-order valence-corrected chi connectivity index (χ1v) is 11.0. The number of hydrogen-bond donors (Lipinski definition) is 1. The summed E-state index contributed by atoms with van der Waals surface area (Å²) in [6.07, 6.45) is 2.82. The lowest BCUT2D eigenvalue weighted by atomic mass is 10.1. The van der Waals surface area contributed by atoms with Crippen molar-refractivity contribution < 1.29 is 17.9 Å². The van der Waals surface area contributed by atoms with Crippen LogP contribution in [0.4, 0.5) is 0 Å². The van der Waals surface area contributed by atoms with E-state index in [4.69, 9.17) is 4.74 Å². The highest BCUT2D eigenvalue weighted by atomic mass is 32.2. The molecule has 6 nitrogen and oxygen atoms in total. The van der Waals surface area contributed by atoms with Gasteiger partial charge in [-0.1, -0.05) is 24.6 Å². The van der Waals surface area contributed by atoms with Crippen molar-refractivity contribution >= 4 is 15.9 Å². The van der Waals surface area contributed by atoms with Crippen LogP contribution >= 0.6 is 0 Å². The van der Waals surface area contributed by atoms with Gasteiger partial charge in [-0.25, -0.2) is 8.42 Å². The SMILES string of the molecule is C[C@@H]1CCCCN1S(=O)(=O)c1ccc(C(=O)NCCOc2ccccc2)cc1. The summed E-state index contributed by atoms with van der Waals surface area (Å²) in [6.45, 7) is 3.21. The van der Waals surface area contributed by atoms with Gasteiger partial charge in [-0.15, -0.1) is 0 Å². The average molecular weight is 403 g/mol. The molecule has 1 aliphatic rings. The van der Waals surface area contributed by atoms with E-state index in [1.165, 1.54) is 12.1 Å². The molecule has 0 bridgehead atoms. The summed E-state index contributed by atoms with van der Waals surface area (Å²) in [5.41, 5.74) is 0.422. The molecule has 1 aliphatic heterocycles. The quantitative estimate of drug-likeness (QED) is 0.722. The highest BCUT2D eigenvalue weighted by molar-refractivity contribution is 7.89. The molecular weight excluding hydrogens is 376 g/mol. The standard InChI is InChI=1S/C21H26N2O4S/c1-17-7-5-6-15-23(17)28(25,26)20-12-10-18(11-13-20)21(24)22-14-16-27-19-8-3-2-4-9-19/h2-4,8-13,17H,5-7,14-16H2,1H3,(H,22,24)/t17-/m1/s1. The van der Waals surface area contributed by atoms with E-state index in [1.54, 1.807) is 16.4 Å². The number of carbonyl (C=O) groups is 1. The molecule has 0 aliphatic carbocycles. The molecule has 150 valence electrons. The van der Waals surface area contributed by atoms with Crippen molar-refractivity contribution in [3.63, 3.8) is 0 Å². The van der Waals surface area contributed by atoms with Crippen molar-refractivity contribution in [2.75, 3.05) is 19.7 Å². The van der Waals surface area contributed by atoms with E-state index in [0.29, 0.717) is 25.3 Å². The van der Waals surface area contributed by atoms with Crippen LogP contribution in [0.25, 0.3) is 0 Å². The summed E-state index contributed by atoms with van der Waals surface area (Å²) in [5.74, 6) is 0.491. The van der Waals surface area contributed by atoms with Gasteiger partial charge in [0.15, 0.2) is 0 Å². The number of piperidine rings is 1. The molecule has 0 saturated carbocycles. The number of benzene rings is 2. The number of nitrogens with zero attached hydrogens (tertiary/aromatic N) is 1. The van der Waals surface area contributed by atoms with Gasteiger partial charge in [0.1, 0.15) is 12.4 Å². The summed E-state index contributed by atoms with van der Waals surface area (Å²) in [4.78, 5) is 12.5. The Hall–Kier alpha value is -2.38. The molecule has 2 aromatic carbocycles. The fourth-order valence-electron chi connectivity index (χ4n) is 3.29. The second-order valence-electron chi connectivity index (χ2n) is 6.90. The third-order valence-corrected chi connectivity index (χ3v) is 6.89. The van der Waals surface area contributed by atoms with E-state index in [9.17, 15) is 13.2 Å². The summed E-state index contributed by atoms with van der Waals surface area (Å²) in [6, 6.07) is 15.5. The molecule has 1 atom stereocenters. The van der Waals surface area contributed by atoms with E-state index >= 15 is 0 Å². The normalized spacial score (nSPS) is 17.8. The number of rotatable bonds is 7. The van der Waals surface area contributed by atoms with Gasteiger partial charge in [-0.05, 0) is 56.2 Å². The van der Waals surface area contributed by atoms with Crippen molar-refractivity contribution in [1.82, 2.24) is 9.62 Å². The van der Waals surface area contributed by atoms with Crippen LogP contribution in [0.3, 0.4) is 0 Å². The predicted molar refractivity (Wildman–Crippen MR) is 108 cm³/mol. The highest BCUT2D eigenvalue weighted by Crippen LogP contribution is 2.25. The Morgan fingerprint density at radius 3 is 2.50 bits per heavy atom. The van der Waals surface area contributed by atoms with Crippen LogP contribution in [0, 0.1) is 0 Å². The summed E-state index contributed by atoms with van der Waals surface area (Å²) in [7, 11) is -3.52. The smallest absolute Gasteiger partial charge is 0.251 e. The molecule has 1 heterocycles. The Morgan fingerprint density at radius 2 is 1.82 bits per heavy atom. The van der Waals surface area contributed by atoms with E-state index in [1.807, 2.05) is 37.3 Å². The predicted octanol–water partition coefficient (Wildman–Crippen LogP) is 3.06. The monoisotopic (exact) mass is 402 g/mol. The van der Waals surface area contributed by atoms with Gasteiger partial charge < -0.3 is 10.1 Å². The fourth-order valence-corrected chi connectivity index (χ4v) is 4.99. The Labute approximate surface area is 166 Å². The van der Waals surface area contributed by atoms with Crippen LogP contribution in [0.5, 0.6) is 5.75 Å². The third kappa shape index (κ3) is 4.91. The molecule has 3 rings (SSSR count). The Bertz CT molecular complexity index is 882. The molecule has 1 N–H and O–H groups in total. The maximum atomic E-state index is 12.8. The minimum absolute atomic E-state index is 0.00587. The van der Waals surface area contributed by atoms with Crippen LogP contribution < -0.4 is 10.1 Å². The van der Waals surface area contributed by atoms with Crippen LogP contribution in [0.1, 0.15) is 36.5 Å².